The summed E-state index contributed by atoms with van der Waals surface area (Å²) in [5.74, 6) is 0.482. The first kappa shape index (κ1) is 25.3. The number of aromatic nitrogens is 3. The average Bonchev–Trinajstić information content (AvgIpc) is 3.20. The smallest absolute Gasteiger partial charge is 0.253 e. The van der Waals surface area contributed by atoms with Gasteiger partial charge in [-0.1, -0.05) is 65.3 Å². The molecule has 0 fully saturated rings. The number of nitrogens with one attached hydrogen (secondary N) is 2. The fourth-order valence-corrected chi connectivity index (χ4v) is 4.48. The van der Waals surface area contributed by atoms with Crippen LogP contribution in [0, 0.1) is 5.92 Å². The summed E-state index contributed by atoms with van der Waals surface area (Å²) in [6.07, 6.45) is 0. The number of hydrogen-bond acceptors (Lipinski definition) is 5. The molecule has 10 heteroatoms. The summed E-state index contributed by atoms with van der Waals surface area (Å²) in [7, 11) is 0. The lowest BCUT2D eigenvalue weighted by atomic mass is 10.0. The molecule has 0 aliphatic heterocycles. The van der Waals surface area contributed by atoms with Gasteiger partial charge in [-0.25, -0.2) is 0 Å². The molecule has 0 saturated carbocycles. The maximum absolute atomic E-state index is 12.9. The molecule has 7 nitrogen and oxygen atoms in total. The molecule has 0 bridgehead atoms. The Balaban J connectivity index is 1.71. The largest absolute Gasteiger partial charge is 0.342 e. The third-order valence-electron chi connectivity index (χ3n) is 4.87. The van der Waals surface area contributed by atoms with Gasteiger partial charge in [0.1, 0.15) is 0 Å². The molecule has 2 aromatic carbocycles. The van der Waals surface area contributed by atoms with Crippen molar-refractivity contribution in [3.8, 4) is 0 Å². The molecule has 0 saturated heterocycles. The minimum absolute atomic E-state index is 0.0597. The van der Waals surface area contributed by atoms with Crippen LogP contribution in [0.1, 0.15) is 43.0 Å². The molecule has 0 spiro atoms. The number of halogens is 2. The van der Waals surface area contributed by atoms with E-state index in [-0.39, 0.29) is 29.5 Å². The predicted octanol–water partition coefficient (Wildman–Crippen LogP) is 5.57. The van der Waals surface area contributed by atoms with Gasteiger partial charge in [-0.15, -0.1) is 10.2 Å². The Morgan fingerprint density at radius 2 is 1.82 bits per heavy atom. The van der Waals surface area contributed by atoms with Crippen molar-refractivity contribution in [2.24, 2.45) is 5.92 Å². The molecule has 0 aliphatic rings. The van der Waals surface area contributed by atoms with Crippen molar-refractivity contribution in [1.82, 2.24) is 20.1 Å². The highest BCUT2D eigenvalue weighted by Gasteiger charge is 2.26. The number of benzene rings is 2. The minimum atomic E-state index is -0.368. The van der Waals surface area contributed by atoms with Crippen molar-refractivity contribution in [3.63, 3.8) is 0 Å². The summed E-state index contributed by atoms with van der Waals surface area (Å²) >= 11 is 10.9. The number of anilines is 1. The first-order valence-corrected chi connectivity index (χ1v) is 12.6. The molecular weight excluding hydrogens is 526 g/mol. The van der Waals surface area contributed by atoms with Gasteiger partial charge in [-0.3, -0.25) is 9.59 Å². The molecule has 3 rings (SSSR count). The minimum Gasteiger partial charge on any atom is -0.342 e. The molecule has 1 aromatic heterocycles. The topological polar surface area (TPSA) is 88.9 Å². The molecular formula is C23H25BrClN5O2S. The number of nitrogens with zero attached hydrogens (tertiary/aromatic N) is 3. The highest BCUT2D eigenvalue weighted by Crippen LogP contribution is 2.26. The number of rotatable bonds is 9. The second-order valence-corrected chi connectivity index (χ2v) is 9.87. The molecule has 1 heterocycles. The molecule has 0 radical (unpaired) electrons. The standard InChI is InChI=1S/C23H25BrClN5O2S/c1-4-30-21(20(14(2)3)27-22(32)17-7-5-6-8-18(17)25)28-29-23(30)33-13-19(31)26-16-11-9-15(24)10-12-16/h5-12,14,20H,4,13H2,1-3H3,(H,26,31)(H,27,32)/t20-/m0/s1. The van der Waals surface area contributed by atoms with E-state index in [0.717, 1.165) is 10.2 Å². The summed E-state index contributed by atoms with van der Waals surface area (Å²) in [6, 6.07) is 13.9. The Morgan fingerprint density at radius 3 is 2.45 bits per heavy atom. The monoisotopic (exact) mass is 549 g/mol. The maximum atomic E-state index is 12.9. The van der Waals surface area contributed by atoms with Crippen LogP contribution in [0.3, 0.4) is 0 Å². The van der Waals surface area contributed by atoms with Crippen molar-refractivity contribution in [2.45, 2.75) is 38.5 Å². The van der Waals surface area contributed by atoms with E-state index in [0.29, 0.717) is 28.1 Å². The van der Waals surface area contributed by atoms with Gasteiger partial charge in [0.25, 0.3) is 5.91 Å². The number of carbonyl (C=O) groups is 2. The maximum Gasteiger partial charge on any atom is 0.253 e. The lowest BCUT2D eigenvalue weighted by molar-refractivity contribution is -0.113. The Kier molecular flexibility index (Phi) is 8.94. The predicted molar refractivity (Wildman–Crippen MR) is 136 cm³/mol. The average molecular weight is 551 g/mol. The van der Waals surface area contributed by atoms with E-state index in [1.165, 1.54) is 11.8 Å². The number of amides is 2. The fraction of sp³-hybridized carbons (Fsp3) is 0.304. The van der Waals surface area contributed by atoms with Crippen LogP contribution in [0.4, 0.5) is 5.69 Å². The van der Waals surface area contributed by atoms with Crippen LogP contribution in [0.25, 0.3) is 0 Å². The SMILES string of the molecule is CCn1c(SCC(=O)Nc2ccc(Br)cc2)nnc1[C@@H](NC(=O)c1ccccc1Cl)C(C)C. The normalized spacial score (nSPS) is 11.9. The van der Waals surface area contributed by atoms with Crippen LogP contribution in [-0.2, 0) is 11.3 Å². The molecule has 33 heavy (non-hydrogen) atoms. The third-order valence-corrected chi connectivity index (χ3v) is 6.70. The molecule has 2 amide bonds. The van der Waals surface area contributed by atoms with Gasteiger partial charge < -0.3 is 15.2 Å². The van der Waals surface area contributed by atoms with Crippen LogP contribution in [-0.4, -0.2) is 32.3 Å². The molecule has 174 valence electrons. The zero-order valence-electron chi connectivity index (χ0n) is 18.5. The molecule has 3 aromatic rings. The van der Waals surface area contributed by atoms with Gasteiger partial charge in [0.2, 0.25) is 5.91 Å². The lowest BCUT2D eigenvalue weighted by Crippen LogP contribution is -2.34. The zero-order valence-corrected chi connectivity index (χ0v) is 21.7. The summed E-state index contributed by atoms with van der Waals surface area (Å²) in [6.45, 7) is 6.59. The van der Waals surface area contributed by atoms with Crippen LogP contribution < -0.4 is 10.6 Å². The van der Waals surface area contributed by atoms with Gasteiger partial charge in [0.05, 0.1) is 22.4 Å². The van der Waals surface area contributed by atoms with E-state index in [4.69, 9.17) is 11.6 Å². The van der Waals surface area contributed by atoms with Crippen molar-refractivity contribution < 1.29 is 9.59 Å². The van der Waals surface area contributed by atoms with Crippen molar-refractivity contribution in [1.29, 1.82) is 0 Å². The Morgan fingerprint density at radius 1 is 1.12 bits per heavy atom. The van der Waals surface area contributed by atoms with E-state index in [2.05, 4.69) is 36.8 Å². The second kappa shape index (κ2) is 11.7. The molecule has 1 atom stereocenters. The highest BCUT2D eigenvalue weighted by atomic mass is 79.9. The number of hydrogen-bond donors (Lipinski definition) is 2. The highest BCUT2D eigenvalue weighted by molar-refractivity contribution is 9.10. The van der Waals surface area contributed by atoms with E-state index in [1.807, 2.05) is 49.6 Å². The van der Waals surface area contributed by atoms with E-state index in [1.54, 1.807) is 24.3 Å². The fourth-order valence-electron chi connectivity index (χ4n) is 3.19. The van der Waals surface area contributed by atoms with Gasteiger partial charge in [0, 0.05) is 16.7 Å². The van der Waals surface area contributed by atoms with Crippen LogP contribution in [0.15, 0.2) is 58.2 Å². The third kappa shape index (κ3) is 6.59. The van der Waals surface area contributed by atoms with Gasteiger partial charge in [0.15, 0.2) is 11.0 Å². The van der Waals surface area contributed by atoms with Crippen LogP contribution in [0.2, 0.25) is 5.02 Å². The summed E-state index contributed by atoms with van der Waals surface area (Å²) in [4.78, 5) is 25.2. The Hall–Kier alpha value is -2.36. The van der Waals surface area contributed by atoms with Gasteiger partial charge >= 0.3 is 0 Å². The van der Waals surface area contributed by atoms with Crippen LogP contribution >= 0.6 is 39.3 Å². The Labute approximate surface area is 210 Å². The lowest BCUT2D eigenvalue weighted by Gasteiger charge is -2.22. The number of thioether (sulfide) groups is 1. The number of carbonyl (C=O) groups excluding carboxylic acids is 2. The van der Waals surface area contributed by atoms with E-state index < -0.39 is 0 Å². The van der Waals surface area contributed by atoms with Gasteiger partial charge in [-0.05, 0) is 49.2 Å². The summed E-state index contributed by atoms with van der Waals surface area (Å²) < 4.78 is 2.87. The van der Waals surface area contributed by atoms with E-state index >= 15 is 0 Å². The molecule has 0 unspecified atom stereocenters. The molecule has 0 aliphatic carbocycles. The quantitative estimate of drug-likeness (QED) is 0.340. The Bertz CT molecular complexity index is 1120. The van der Waals surface area contributed by atoms with E-state index in [9.17, 15) is 9.59 Å². The van der Waals surface area contributed by atoms with Crippen molar-refractivity contribution in [3.05, 3.63) is 69.4 Å². The zero-order chi connectivity index (χ0) is 24.0. The summed E-state index contributed by atoms with van der Waals surface area (Å²) in [5, 5.41) is 15.6. The van der Waals surface area contributed by atoms with Gasteiger partial charge in [-0.2, -0.15) is 0 Å². The van der Waals surface area contributed by atoms with Crippen LogP contribution in [0.5, 0.6) is 0 Å². The molecule has 2 N–H and O–H groups in total. The van der Waals surface area contributed by atoms with Crippen molar-refractivity contribution >= 4 is 56.8 Å². The summed E-state index contributed by atoms with van der Waals surface area (Å²) in [5.41, 5.74) is 1.13. The second-order valence-electron chi connectivity index (χ2n) is 7.60. The first-order valence-electron chi connectivity index (χ1n) is 10.5. The first-order chi connectivity index (χ1) is 15.8. The van der Waals surface area contributed by atoms with Crippen molar-refractivity contribution in [2.75, 3.05) is 11.1 Å².